The molecule has 0 spiro atoms. The highest BCUT2D eigenvalue weighted by Crippen LogP contribution is 2.26. The summed E-state index contributed by atoms with van der Waals surface area (Å²) in [7, 11) is 1.97. The number of benzene rings is 1. The number of para-hydroxylation sites is 1. The Morgan fingerprint density at radius 1 is 1.23 bits per heavy atom. The van der Waals surface area contributed by atoms with Gasteiger partial charge in [0.2, 0.25) is 0 Å². The van der Waals surface area contributed by atoms with Gasteiger partial charge in [0, 0.05) is 46.4 Å². The van der Waals surface area contributed by atoms with Gasteiger partial charge in [-0.05, 0) is 31.9 Å². The largest absolute Gasteiger partial charge is 0.376 e. The monoisotopic (exact) mass is 431 g/mol. The summed E-state index contributed by atoms with van der Waals surface area (Å²) in [6.07, 6.45) is 2.49. The average molecular weight is 432 g/mol. The molecule has 1 unspecified atom stereocenters. The summed E-state index contributed by atoms with van der Waals surface area (Å²) in [6.45, 7) is 7.62. The SMILES string of the molecule is Cc1nnc(CN=C(NCC2CCCO2)N2CCN(c3ccccc3Cl)CC2)n1C. The van der Waals surface area contributed by atoms with Crippen molar-refractivity contribution < 1.29 is 4.74 Å². The van der Waals surface area contributed by atoms with Gasteiger partial charge >= 0.3 is 0 Å². The van der Waals surface area contributed by atoms with Crippen LogP contribution in [0.1, 0.15) is 24.5 Å². The minimum atomic E-state index is 0.261. The molecule has 0 radical (unpaired) electrons. The molecule has 0 amide bonds. The molecule has 8 nitrogen and oxygen atoms in total. The zero-order valence-corrected chi connectivity index (χ0v) is 18.5. The van der Waals surface area contributed by atoms with Crippen LogP contribution in [0.2, 0.25) is 5.02 Å². The van der Waals surface area contributed by atoms with Crippen LogP contribution in [0.5, 0.6) is 0 Å². The van der Waals surface area contributed by atoms with Crippen molar-refractivity contribution >= 4 is 23.2 Å². The molecule has 3 heterocycles. The number of aromatic nitrogens is 3. The molecule has 2 aliphatic heterocycles. The van der Waals surface area contributed by atoms with Crippen LogP contribution in [0.25, 0.3) is 0 Å². The van der Waals surface area contributed by atoms with Gasteiger partial charge in [-0.25, -0.2) is 4.99 Å². The van der Waals surface area contributed by atoms with E-state index in [4.69, 9.17) is 21.3 Å². The second-order valence-corrected chi connectivity index (χ2v) is 8.21. The molecule has 2 saturated heterocycles. The minimum Gasteiger partial charge on any atom is -0.376 e. The van der Waals surface area contributed by atoms with E-state index < -0.39 is 0 Å². The second kappa shape index (κ2) is 9.66. The van der Waals surface area contributed by atoms with Crippen LogP contribution in [0.15, 0.2) is 29.3 Å². The van der Waals surface area contributed by atoms with Gasteiger partial charge in [-0.1, -0.05) is 23.7 Å². The molecule has 1 atom stereocenters. The molecular formula is C21H30ClN7O. The maximum absolute atomic E-state index is 6.39. The fourth-order valence-electron chi connectivity index (χ4n) is 3.88. The Morgan fingerprint density at radius 3 is 2.70 bits per heavy atom. The third-order valence-electron chi connectivity index (χ3n) is 5.84. The Kier molecular flexibility index (Phi) is 6.74. The first-order chi connectivity index (χ1) is 14.6. The smallest absolute Gasteiger partial charge is 0.194 e. The van der Waals surface area contributed by atoms with E-state index in [1.54, 1.807) is 0 Å². The topological polar surface area (TPSA) is 70.8 Å². The fourth-order valence-corrected chi connectivity index (χ4v) is 4.14. The number of halogens is 1. The number of aliphatic imine (C=N–C) groups is 1. The third-order valence-corrected chi connectivity index (χ3v) is 6.16. The number of hydrogen-bond donors (Lipinski definition) is 1. The van der Waals surface area contributed by atoms with Crippen molar-refractivity contribution in [1.29, 1.82) is 0 Å². The van der Waals surface area contributed by atoms with E-state index in [1.165, 1.54) is 0 Å². The number of hydrogen-bond acceptors (Lipinski definition) is 5. The van der Waals surface area contributed by atoms with E-state index in [0.717, 1.165) is 80.5 Å². The van der Waals surface area contributed by atoms with Crippen molar-refractivity contribution in [2.24, 2.45) is 12.0 Å². The Labute approximate surface area is 182 Å². The minimum absolute atomic E-state index is 0.261. The Hall–Kier alpha value is -2.32. The number of piperazine rings is 1. The van der Waals surface area contributed by atoms with Crippen molar-refractivity contribution in [3.05, 3.63) is 40.9 Å². The molecule has 9 heteroatoms. The van der Waals surface area contributed by atoms with Crippen LogP contribution >= 0.6 is 11.6 Å². The lowest BCUT2D eigenvalue weighted by Crippen LogP contribution is -2.53. The predicted octanol–water partition coefficient (Wildman–Crippen LogP) is 2.22. The summed E-state index contributed by atoms with van der Waals surface area (Å²) in [5, 5.41) is 12.7. The molecule has 0 saturated carbocycles. The molecule has 0 bridgehead atoms. The predicted molar refractivity (Wildman–Crippen MR) is 119 cm³/mol. The lowest BCUT2D eigenvalue weighted by molar-refractivity contribution is 0.113. The van der Waals surface area contributed by atoms with Gasteiger partial charge in [0.25, 0.3) is 0 Å². The highest BCUT2D eigenvalue weighted by Gasteiger charge is 2.23. The van der Waals surface area contributed by atoms with Crippen LogP contribution in [0.4, 0.5) is 5.69 Å². The molecular weight excluding hydrogens is 402 g/mol. The Balaban J connectivity index is 1.43. The molecule has 1 N–H and O–H groups in total. The number of nitrogens with zero attached hydrogens (tertiary/aromatic N) is 6. The number of ether oxygens (including phenoxy) is 1. The molecule has 0 aliphatic carbocycles. The van der Waals surface area contributed by atoms with Crippen molar-refractivity contribution in [2.75, 3.05) is 44.2 Å². The van der Waals surface area contributed by atoms with Gasteiger partial charge in [0.05, 0.1) is 16.8 Å². The lowest BCUT2D eigenvalue weighted by Gasteiger charge is -2.38. The first-order valence-corrected chi connectivity index (χ1v) is 11.0. The van der Waals surface area contributed by atoms with E-state index in [1.807, 2.05) is 36.7 Å². The summed E-state index contributed by atoms with van der Waals surface area (Å²) in [6, 6.07) is 8.03. The summed E-state index contributed by atoms with van der Waals surface area (Å²) in [5.41, 5.74) is 1.10. The first kappa shape index (κ1) is 20.9. The molecule has 1 aromatic heterocycles. The van der Waals surface area contributed by atoms with Crippen molar-refractivity contribution in [3.8, 4) is 0 Å². The lowest BCUT2D eigenvalue weighted by atomic mass is 10.2. The maximum atomic E-state index is 6.39. The zero-order chi connectivity index (χ0) is 20.9. The molecule has 162 valence electrons. The van der Waals surface area contributed by atoms with E-state index in [9.17, 15) is 0 Å². The molecule has 1 aromatic carbocycles. The van der Waals surface area contributed by atoms with Gasteiger partial charge in [-0.2, -0.15) is 0 Å². The van der Waals surface area contributed by atoms with Crippen LogP contribution in [0, 0.1) is 6.92 Å². The first-order valence-electron chi connectivity index (χ1n) is 10.6. The zero-order valence-electron chi connectivity index (χ0n) is 17.7. The van der Waals surface area contributed by atoms with Gasteiger partial charge in [0.1, 0.15) is 12.4 Å². The van der Waals surface area contributed by atoms with Gasteiger partial charge in [0.15, 0.2) is 11.8 Å². The van der Waals surface area contributed by atoms with Crippen LogP contribution in [0.3, 0.4) is 0 Å². The molecule has 4 rings (SSSR count). The number of rotatable bonds is 5. The quantitative estimate of drug-likeness (QED) is 0.578. The van der Waals surface area contributed by atoms with Crippen LogP contribution < -0.4 is 10.2 Å². The third kappa shape index (κ3) is 4.87. The van der Waals surface area contributed by atoms with E-state index in [-0.39, 0.29) is 6.10 Å². The molecule has 2 aliphatic rings. The van der Waals surface area contributed by atoms with Crippen LogP contribution in [-0.4, -0.2) is 71.1 Å². The van der Waals surface area contributed by atoms with E-state index >= 15 is 0 Å². The van der Waals surface area contributed by atoms with Crippen molar-refractivity contribution in [2.45, 2.75) is 32.4 Å². The number of nitrogens with one attached hydrogen (secondary N) is 1. The summed E-state index contributed by atoms with van der Waals surface area (Å²) >= 11 is 6.39. The second-order valence-electron chi connectivity index (χ2n) is 7.80. The number of aryl methyl sites for hydroxylation is 1. The molecule has 2 fully saturated rings. The maximum Gasteiger partial charge on any atom is 0.194 e. The van der Waals surface area contributed by atoms with Crippen molar-refractivity contribution in [1.82, 2.24) is 25.0 Å². The van der Waals surface area contributed by atoms with Crippen LogP contribution in [-0.2, 0) is 18.3 Å². The Bertz CT molecular complexity index is 870. The van der Waals surface area contributed by atoms with E-state index in [2.05, 4.69) is 31.4 Å². The number of guanidine groups is 1. The standard InChI is InChI=1S/C21H30ClN7O/c1-16-25-26-20(27(16)2)15-24-21(23-14-17-6-5-13-30-17)29-11-9-28(10-12-29)19-8-4-3-7-18(19)22/h3-4,7-8,17H,5-6,9-15H2,1-2H3,(H,23,24). The van der Waals surface area contributed by atoms with Gasteiger partial charge < -0.3 is 24.4 Å². The van der Waals surface area contributed by atoms with Crippen molar-refractivity contribution in [3.63, 3.8) is 0 Å². The molecule has 2 aromatic rings. The average Bonchev–Trinajstić information content (AvgIpc) is 3.40. The fraction of sp³-hybridized carbons (Fsp3) is 0.571. The summed E-state index contributed by atoms with van der Waals surface area (Å²) in [4.78, 5) is 9.52. The number of anilines is 1. The summed E-state index contributed by atoms with van der Waals surface area (Å²) < 4.78 is 7.76. The summed E-state index contributed by atoms with van der Waals surface area (Å²) in [5.74, 6) is 2.66. The highest BCUT2D eigenvalue weighted by atomic mass is 35.5. The van der Waals surface area contributed by atoms with Gasteiger partial charge in [-0.3, -0.25) is 0 Å². The van der Waals surface area contributed by atoms with Gasteiger partial charge in [-0.15, -0.1) is 10.2 Å². The Morgan fingerprint density at radius 2 is 2.03 bits per heavy atom. The normalized spacial score (nSPS) is 20.1. The highest BCUT2D eigenvalue weighted by molar-refractivity contribution is 6.33. The van der Waals surface area contributed by atoms with E-state index in [0.29, 0.717) is 6.54 Å². The molecule has 30 heavy (non-hydrogen) atoms.